The average Bonchev–Trinajstić information content (AvgIpc) is 3.12. The van der Waals surface area contributed by atoms with Gasteiger partial charge in [-0.3, -0.25) is 29.4 Å². The van der Waals surface area contributed by atoms with E-state index in [0.29, 0.717) is 17.2 Å². The van der Waals surface area contributed by atoms with Gasteiger partial charge in [-0.1, -0.05) is 43.2 Å². The molecule has 8 heteroatoms. The topological polar surface area (TPSA) is 98.8 Å². The van der Waals surface area contributed by atoms with Gasteiger partial charge in [-0.25, -0.2) is 0 Å². The molecule has 0 spiro atoms. The molecule has 8 nitrogen and oxygen atoms in total. The highest BCUT2D eigenvalue weighted by atomic mass is 16.2. The van der Waals surface area contributed by atoms with Gasteiger partial charge in [0, 0.05) is 37.8 Å². The molecule has 1 saturated heterocycles. The number of nitrogens with zero attached hydrogens (tertiary/aromatic N) is 2. The van der Waals surface area contributed by atoms with E-state index in [1.165, 1.54) is 12.0 Å². The number of rotatable bonds is 6. The van der Waals surface area contributed by atoms with Gasteiger partial charge in [-0.15, -0.1) is 0 Å². The first kappa shape index (κ1) is 23.2. The molecule has 0 aromatic heterocycles. The summed E-state index contributed by atoms with van der Waals surface area (Å²) in [4.78, 5) is 53.3. The number of hydrogen-bond acceptors (Lipinski definition) is 6. The number of hydrogen-bond donors (Lipinski definition) is 2. The van der Waals surface area contributed by atoms with Crippen molar-refractivity contribution in [1.82, 2.24) is 15.5 Å². The summed E-state index contributed by atoms with van der Waals surface area (Å²) in [5, 5.41) is 5.96. The number of anilines is 1. The van der Waals surface area contributed by atoms with Crippen LogP contribution < -0.4 is 15.5 Å². The van der Waals surface area contributed by atoms with Crippen LogP contribution in [0.15, 0.2) is 48.5 Å². The van der Waals surface area contributed by atoms with Crippen LogP contribution >= 0.6 is 0 Å². The average molecular weight is 475 g/mol. The molecular formula is C27H30N4O4. The first-order valence-corrected chi connectivity index (χ1v) is 12.3. The van der Waals surface area contributed by atoms with E-state index in [-0.39, 0.29) is 24.8 Å². The standard InChI is InChI=1S/C27H30N4O4/c1-30(22-10-6-5-9-21(22)28-16-17-7-3-2-4-8-17)18-11-12-19-20(15-18)27(35)31(26(19)34)23-13-14-24(32)29-25(23)33/h2-4,7-8,11-12,15,21-23,28H,5-6,9-10,13-14,16H2,1H3,(H,29,32,33)/t21-,22+,23?/m0/s1. The van der Waals surface area contributed by atoms with Crippen molar-refractivity contribution in [1.29, 1.82) is 0 Å². The van der Waals surface area contributed by atoms with Crippen LogP contribution in [-0.2, 0) is 16.1 Å². The molecule has 5 rings (SSSR count). The maximum atomic E-state index is 13.2. The zero-order valence-electron chi connectivity index (χ0n) is 19.8. The van der Waals surface area contributed by atoms with Gasteiger partial charge in [0.05, 0.1) is 11.1 Å². The lowest BCUT2D eigenvalue weighted by molar-refractivity contribution is -0.136. The molecule has 0 radical (unpaired) electrons. The van der Waals surface area contributed by atoms with Gasteiger partial charge in [-0.05, 0) is 43.0 Å². The number of piperidine rings is 1. The Labute approximate surface area is 204 Å². The van der Waals surface area contributed by atoms with E-state index >= 15 is 0 Å². The summed E-state index contributed by atoms with van der Waals surface area (Å²) in [7, 11) is 2.04. The Morgan fingerprint density at radius 3 is 2.46 bits per heavy atom. The fourth-order valence-corrected chi connectivity index (χ4v) is 5.53. The minimum absolute atomic E-state index is 0.108. The molecule has 3 aliphatic rings. The van der Waals surface area contributed by atoms with Crippen LogP contribution in [0.4, 0.5) is 5.69 Å². The molecular weight excluding hydrogens is 444 g/mol. The molecule has 2 N–H and O–H groups in total. The molecule has 2 aliphatic heterocycles. The summed E-state index contributed by atoms with van der Waals surface area (Å²) in [6, 6.07) is 15.3. The zero-order valence-corrected chi connectivity index (χ0v) is 19.8. The van der Waals surface area contributed by atoms with Crippen molar-refractivity contribution in [3.05, 3.63) is 65.2 Å². The molecule has 182 valence electrons. The first-order valence-electron chi connectivity index (χ1n) is 12.3. The van der Waals surface area contributed by atoms with E-state index in [0.717, 1.165) is 36.4 Å². The summed E-state index contributed by atoms with van der Waals surface area (Å²) in [5.41, 5.74) is 2.73. The van der Waals surface area contributed by atoms with Crippen LogP contribution in [0.5, 0.6) is 0 Å². The Bertz CT molecular complexity index is 1170. The first-order chi connectivity index (χ1) is 16.9. The number of amides is 4. The third kappa shape index (κ3) is 4.46. The fourth-order valence-electron chi connectivity index (χ4n) is 5.53. The second-order valence-electron chi connectivity index (χ2n) is 9.61. The Hall–Kier alpha value is -3.52. The van der Waals surface area contributed by atoms with E-state index < -0.39 is 23.8 Å². The third-order valence-electron chi connectivity index (χ3n) is 7.47. The summed E-state index contributed by atoms with van der Waals surface area (Å²) in [6.07, 6.45) is 4.69. The molecule has 1 unspecified atom stereocenters. The van der Waals surface area contributed by atoms with Crippen molar-refractivity contribution in [3.8, 4) is 0 Å². The zero-order chi connectivity index (χ0) is 24.5. The van der Waals surface area contributed by atoms with Crippen LogP contribution in [0.3, 0.4) is 0 Å². The van der Waals surface area contributed by atoms with Crippen LogP contribution in [0.1, 0.15) is 64.8 Å². The van der Waals surface area contributed by atoms with Gasteiger partial charge >= 0.3 is 0 Å². The van der Waals surface area contributed by atoms with Crippen LogP contribution in [0.2, 0.25) is 0 Å². The predicted octanol–water partition coefficient (Wildman–Crippen LogP) is 2.62. The van der Waals surface area contributed by atoms with E-state index in [9.17, 15) is 19.2 Å². The number of benzene rings is 2. The van der Waals surface area contributed by atoms with Crippen LogP contribution in [0.25, 0.3) is 0 Å². The Kier molecular flexibility index (Phi) is 6.38. The number of carbonyl (C=O) groups excluding carboxylic acids is 4. The fraction of sp³-hybridized carbons (Fsp3) is 0.407. The number of fused-ring (bicyclic) bond motifs is 1. The number of likely N-dealkylation sites (N-methyl/N-ethyl adjacent to an activating group) is 1. The highest BCUT2D eigenvalue weighted by Crippen LogP contribution is 2.33. The monoisotopic (exact) mass is 474 g/mol. The normalized spacial score (nSPS) is 24.4. The second-order valence-corrected chi connectivity index (χ2v) is 9.61. The number of nitrogens with one attached hydrogen (secondary N) is 2. The van der Waals surface area contributed by atoms with Crippen LogP contribution in [0, 0.1) is 0 Å². The molecule has 1 aliphatic carbocycles. The Morgan fingerprint density at radius 2 is 1.69 bits per heavy atom. The van der Waals surface area contributed by atoms with Crippen molar-refractivity contribution < 1.29 is 19.2 Å². The Balaban J connectivity index is 1.34. The second kappa shape index (κ2) is 9.62. The maximum absolute atomic E-state index is 13.2. The Morgan fingerprint density at radius 1 is 0.943 bits per heavy atom. The largest absolute Gasteiger partial charge is 0.370 e. The summed E-state index contributed by atoms with van der Waals surface area (Å²) in [6.45, 7) is 0.800. The molecule has 2 fully saturated rings. The third-order valence-corrected chi connectivity index (χ3v) is 7.47. The molecule has 3 atom stereocenters. The lowest BCUT2D eigenvalue weighted by atomic mass is 9.88. The van der Waals surface area contributed by atoms with Crippen molar-refractivity contribution >= 4 is 29.3 Å². The molecule has 4 amide bonds. The number of carbonyl (C=O) groups is 4. The molecule has 0 bridgehead atoms. The van der Waals surface area contributed by atoms with E-state index in [4.69, 9.17) is 0 Å². The van der Waals surface area contributed by atoms with Gasteiger partial charge in [0.1, 0.15) is 6.04 Å². The highest BCUT2D eigenvalue weighted by Gasteiger charge is 2.45. The van der Waals surface area contributed by atoms with Crippen LogP contribution in [-0.4, -0.2) is 53.7 Å². The molecule has 2 heterocycles. The van der Waals surface area contributed by atoms with Crippen molar-refractivity contribution in [3.63, 3.8) is 0 Å². The molecule has 1 saturated carbocycles. The van der Waals surface area contributed by atoms with Crippen molar-refractivity contribution in [2.24, 2.45) is 0 Å². The van der Waals surface area contributed by atoms with Gasteiger partial charge in [0.15, 0.2) is 0 Å². The molecule has 2 aromatic carbocycles. The summed E-state index contributed by atoms with van der Waals surface area (Å²) < 4.78 is 0. The molecule has 35 heavy (non-hydrogen) atoms. The van der Waals surface area contributed by atoms with Gasteiger partial charge in [0.25, 0.3) is 11.8 Å². The lowest BCUT2D eigenvalue weighted by Gasteiger charge is -2.40. The minimum Gasteiger partial charge on any atom is -0.370 e. The van der Waals surface area contributed by atoms with Gasteiger partial charge in [0.2, 0.25) is 11.8 Å². The molecule has 2 aromatic rings. The van der Waals surface area contributed by atoms with Gasteiger partial charge in [-0.2, -0.15) is 0 Å². The lowest BCUT2D eigenvalue weighted by Crippen LogP contribution is -2.54. The van der Waals surface area contributed by atoms with E-state index in [1.54, 1.807) is 12.1 Å². The number of imide groups is 2. The minimum atomic E-state index is -0.953. The van der Waals surface area contributed by atoms with E-state index in [2.05, 4.69) is 27.7 Å². The summed E-state index contributed by atoms with van der Waals surface area (Å²) in [5.74, 6) is -1.93. The SMILES string of the molecule is CN(c1ccc2c(c1)C(=O)N(C1CCC(=O)NC1=O)C2=O)[C@@H]1CCCC[C@@H]1NCc1ccccc1. The summed E-state index contributed by atoms with van der Waals surface area (Å²) >= 11 is 0. The van der Waals surface area contributed by atoms with E-state index in [1.807, 2.05) is 31.3 Å². The van der Waals surface area contributed by atoms with Crippen molar-refractivity contribution in [2.45, 2.75) is 63.2 Å². The smallest absolute Gasteiger partial charge is 0.262 e. The maximum Gasteiger partial charge on any atom is 0.262 e. The highest BCUT2D eigenvalue weighted by molar-refractivity contribution is 6.23. The van der Waals surface area contributed by atoms with Gasteiger partial charge < -0.3 is 10.2 Å². The quantitative estimate of drug-likeness (QED) is 0.625. The van der Waals surface area contributed by atoms with Crippen molar-refractivity contribution in [2.75, 3.05) is 11.9 Å². The predicted molar refractivity (Wildman–Crippen MR) is 131 cm³/mol.